The highest BCUT2D eigenvalue weighted by Gasteiger charge is 2.60. The van der Waals surface area contributed by atoms with Crippen LogP contribution in [-0.2, 0) is 6.42 Å². The number of phenolic OH excluding ortho intramolecular Hbond substituents is 1. The lowest BCUT2D eigenvalue weighted by atomic mass is 9.50. The number of fused-ring (bicyclic) bond motifs is 5. The molecule has 6 atom stereocenters. The number of hydrogen-bond donors (Lipinski definition) is 2. The fraction of sp³-hybridized carbons (Fsp3) is 0.750. The van der Waals surface area contributed by atoms with Crippen LogP contribution in [0.2, 0.25) is 0 Å². The number of benzene rings is 1. The van der Waals surface area contributed by atoms with E-state index in [4.69, 9.17) is 0 Å². The van der Waals surface area contributed by atoms with Crippen molar-refractivity contribution in [1.82, 2.24) is 0 Å². The first-order valence-corrected chi connectivity index (χ1v) is 12.5. The van der Waals surface area contributed by atoms with Gasteiger partial charge in [0.05, 0.1) is 5.60 Å². The van der Waals surface area contributed by atoms with Crippen molar-refractivity contribution in [1.29, 1.82) is 0 Å². The van der Waals surface area contributed by atoms with E-state index in [-0.39, 0.29) is 5.41 Å². The molecule has 0 aromatic heterocycles. The van der Waals surface area contributed by atoms with Crippen molar-refractivity contribution in [3.05, 3.63) is 29.3 Å². The molecule has 1 aromatic rings. The monoisotopic (exact) mass is 482 g/mol. The van der Waals surface area contributed by atoms with E-state index in [1.165, 1.54) is 54.1 Å². The average Bonchev–Trinajstić information content (AvgIpc) is 2.87. The van der Waals surface area contributed by atoms with Gasteiger partial charge in [-0.1, -0.05) is 48.4 Å². The maximum atomic E-state index is 11.2. The van der Waals surface area contributed by atoms with E-state index in [1.54, 1.807) is 0 Å². The number of aliphatic hydroxyl groups is 1. The molecule has 0 bridgehead atoms. The van der Waals surface area contributed by atoms with Gasteiger partial charge in [0.15, 0.2) is 0 Å². The molecular formula is C24H35IO2. The Balaban J connectivity index is 1.66. The molecule has 3 heteroatoms. The van der Waals surface area contributed by atoms with Crippen molar-refractivity contribution < 1.29 is 10.2 Å². The molecule has 150 valence electrons. The Morgan fingerprint density at radius 2 is 1.93 bits per heavy atom. The summed E-state index contributed by atoms with van der Waals surface area (Å²) in [6.45, 7) is 4.47. The van der Waals surface area contributed by atoms with E-state index < -0.39 is 5.60 Å². The largest absolute Gasteiger partial charge is 0.508 e. The number of hydrogen-bond acceptors (Lipinski definition) is 2. The van der Waals surface area contributed by atoms with Crippen molar-refractivity contribution in [2.45, 2.75) is 83.2 Å². The second-order valence-electron chi connectivity index (χ2n) is 9.94. The summed E-state index contributed by atoms with van der Waals surface area (Å²) in [6.07, 6.45) is 10.9. The first-order valence-electron chi connectivity index (χ1n) is 11.0. The SMILES string of the molecule is C[C@]1(O)CC[C@H]2[C@@H]3[C@H](CCCCCI)Cc4cc(O)ccc4[C@H]3CC[C@@]21C. The van der Waals surface area contributed by atoms with Crippen LogP contribution in [0.15, 0.2) is 18.2 Å². The van der Waals surface area contributed by atoms with Gasteiger partial charge >= 0.3 is 0 Å². The third kappa shape index (κ3) is 3.35. The molecule has 2 saturated carbocycles. The minimum absolute atomic E-state index is 0.0725. The summed E-state index contributed by atoms with van der Waals surface area (Å²) in [5.74, 6) is 3.09. The van der Waals surface area contributed by atoms with Crippen LogP contribution >= 0.6 is 22.6 Å². The minimum atomic E-state index is -0.510. The zero-order chi connectivity index (χ0) is 19.2. The second-order valence-corrected chi connectivity index (χ2v) is 11.0. The van der Waals surface area contributed by atoms with E-state index in [0.29, 0.717) is 29.4 Å². The lowest BCUT2D eigenvalue weighted by Crippen LogP contribution is -2.51. The van der Waals surface area contributed by atoms with Crippen LogP contribution in [0.1, 0.15) is 82.3 Å². The normalized spacial score (nSPS) is 40.3. The third-order valence-electron chi connectivity index (χ3n) is 8.66. The summed E-state index contributed by atoms with van der Waals surface area (Å²) in [5, 5.41) is 21.2. The van der Waals surface area contributed by atoms with Gasteiger partial charge in [-0.2, -0.15) is 0 Å². The lowest BCUT2D eigenvalue weighted by molar-refractivity contribution is -0.0988. The van der Waals surface area contributed by atoms with E-state index in [1.807, 2.05) is 12.1 Å². The van der Waals surface area contributed by atoms with E-state index in [0.717, 1.165) is 19.3 Å². The summed E-state index contributed by atoms with van der Waals surface area (Å²) in [6, 6.07) is 6.11. The maximum Gasteiger partial charge on any atom is 0.115 e. The lowest BCUT2D eigenvalue weighted by Gasteiger charge is -2.55. The molecule has 0 aliphatic heterocycles. The highest BCUT2D eigenvalue weighted by atomic mass is 127. The summed E-state index contributed by atoms with van der Waals surface area (Å²) in [7, 11) is 0. The molecule has 0 spiro atoms. The summed E-state index contributed by atoms with van der Waals surface area (Å²) in [4.78, 5) is 0. The minimum Gasteiger partial charge on any atom is -0.508 e. The van der Waals surface area contributed by atoms with Gasteiger partial charge in [0, 0.05) is 0 Å². The summed E-state index contributed by atoms with van der Waals surface area (Å²) in [5.41, 5.74) is 2.45. The molecule has 1 aromatic carbocycles. The van der Waals surface area contributed by atoms with Crippen LogP contribution in [0, 0.1) is 23.2 Å². The molecule has 0 saturated heterocycles. The fourth-order valence-electron chi connectivity index (χ4n) is 6.98. The Labute approximate surface area is 178 Å². The average molecular weight is 482 g/mol. The predicted octanol–water partition coefficient (Wildman–Crippen LogP) is 6.22. The predicted molar refractivity (Wildman–Crippen MR) is 120 cm³/mol. The second kappa shape index (κ2) is 7.51. The Kier molecular flexibility index (Phi) is 5.57. The molecule has 2 fully saturated rings. The van der Waals surface area contributed by atoms with Crippen molar-refractivity contribution in [2.24, 2.45) is 23.2 Å². The number of unbranched alkanes of at least 4 members (excludes halogenated alkanes) is 2. The molecular weight excluding hydrogens is 447 g/mol. The first kappa shape index (κ1) is 20.0. The molecule has 2 N–H and O–H groups in total. The third-order valence-corrected chi connectivity index (χ3v) is 9.42. The molecule has 4 rings (SSSR count). The molecule has 3 aliphatic carbocycles. The zero-order valence-electron chi connectivity index (χ0n) is 16.9. The smallest absolute Gasteiger partial charge is 0.115 e. The van der Waals surface area contributed by atoms with Gasteiger partial charge in [0.2, 0.25) is 0 Å². The van der Waals surface area contributed by atoms with Crippen LogP contribution in [0.5, 0.6) is 5.75 Å². The quantitative estimate of drug-likeness (QED) is 0.297. The molecule has 0 unspecified atom stereocenters. The molecule has 2 nitrogen and oxygen atoms in total. The van der Waals surface area contributed by atoms with Gasteiger partial charge in [0.1, 0.15) is 5.75 Å². The summed E-state index contributed by atoms with van der Waals surface area (Å²) >= 11 is 2.49. The van der Waals surface area contributed by atoms with Gasteiger partial charge in [-0.25, -0.2) is 0 Å². The Morgan fingerprint density at radius 1 is 1.11 bits per heavy atom. The van der Waals surface area contributed by atoms with Crippen molar-refractivity contribution in [2.75, 3.05) is 4.43 Å². The summed E-state index contributed by atoms with van der Waals surface area (Å²) < 4.78 is 1.26. The first-order chi connectivity index (χ1) is 12.9. The highest BCUT2D eigenvalue weighted by molar-refractivity contribution is 14.1. The Bertz CT molecular complexity index is 685. The van der Waals surface area contributed by atoms with Gasteiger partial charge in [0.25, 0.3) is 0 Å². The van der Waals surface area contributed by atoms with Gasteiger partial charge < -0.3 is 10.2 Å². The Hall–Kier alpha value is -0.290. The van der Waals surface area contributed by atoms with Crippen LogP contribution in [-0.4, -0.2) is 20.2 Å². The maximum absolute atomic E-state index is 11.2. The zero-order valence-corrected chi connectivity index (χ0v) is 19.0. The number of aromatic hydroxyl groups is 1. The van der Waals surface area contributed by atoms with E-state index in [9.17, 15) is 10.2 Å². The number of rotatable bonds is 5. The van der Waals surface area contributed by atoms with Crippen molar-refractivity contribution >= 4 is 22.6 Å². The number of halogens is 1. The van der Waals surface area contributed by atoms with Crippen LogP contribution < -0.4 is 0 Å². The number of alkyl halides is 1. The van der Waals surface area contributed by atoms with E-state index in [2.05, 4.69) is 42.5 Å². The topological polar surface area (TPSA) is 40.5 Å². The van der Waals surface area contributed by atoms with Gasteiger partial charge in [-0.05, 0) is 109 Å². The van der Waals surface area contributed by atoms with Crippen LogP contribution in [0.25, 0.3) is 0 Å². The number of phenols is 1. The van der Waals surface area contributed by atoms with Crippen molar-refractivity contribution in [3.8, 4) is 5.75 Å². The van der Waals surface area contributed by atoms with Gasteiger partial charge in [-0.15, -0.1) is 0 Å². The van der Waals surface area contributed by atoms with E-state index >= 15 is 0 Å². The standard InChI is InChI=1S/C24H35IO2/c1-23-11-9-20-19-8-7-18(26)15-17(19)14-16(6-4-3-5-13-25)22(20)21(23)10-12-24(23,2)27/h7-8,15-16,20-22,26-27H,3-6,9-14H2,1-2H3/t16-,20-,21+,22-,23+,24+/m1/s1. The van der Waals surface area contributed by atoms with Gasteiger partial charge in [-0.3, -0.25) is 0 Å². The fourth-order valence-corrected chi connectivity index (χ4v) is 7.52. The van der Waals surface area contributed by atoms with Crippen LogP contribution in [0.4, 0.5) is 0 Å². The Morgan fingerprint density at radius 3 is 2.70 bits per heavy atom. The molecule has 0 radical (unpaired) electrons. The highest BCUT2D eigenvalue weighted by Crippen LogP contribution is 2.65. The molecule has 3 aliphatic rings. The molecule has 0 amide bonds. The van der Waals surface area contributed by atoms with Crippen LogP contribution in [0.3, 0.4) is 0 Å². The van der Waals surface area contributed by atoms with Crippen molar-refractivity contribution in [3.63, 3.8) is 0 Å². The molecule has 0 heterocycles. The molecule has 27 heavy (non-hydrogen) atoms.